The fourth-order valence-electron chi connectivity index (χ4n) is 2.61. The van der Waals surface area contributed by atoms with Gasteiger partial charge in [0.05, 0.1) is 5.56 Å². The van der Waals surface area contributed by atoms with Crippen LogP contribution < -0.4 is 0 Å². The zero-order valence-corrected chi connectivity index (χ0v) is 15.6. The molecule has 0 heterocycles. The molecule has 0 fully saturated rings. The Balaban J connectivity index is 0.000000399. The van der Waals surface area contributed by atoms with Crippen LogP contribution in [-0.2, 0) is 6.42 Å². The molecule has 0 atom stereocenters. The second-order valence-electron chi connectivity index (χ2n) is 7.97. The first-order chi connectivity index (χ1) is 11.6. The molecule has 2 aromatic rings. The van der Waals surface area contributed by atoms with E-state index in [0.29, 0.717) is 28.5 Å². The van der Waals surface area contributed by atoms with Gasteiger partial charge in [-0.3, -0.25) is 4.79 Å². The van der Waals surface area contributed by atoms with Crippen molar-refractivity contribution in [3.8, 4) is 11.5 Å². The molecule has 2 aromatic carbocycles. The lowest BCUT2D eigenvalue weighted by atomic mass is 9.84. The SMILES string of the molecule is CC(C)(C)C.Cc1c(O)cc(O)c2c1CC(c1ccccc1)=CC2=O. The van der Waals surface area contributed by atoms with E-state index in [1.807, 2.05) is 30.3 Å². The first kappa shape index (κ1) is 18.8. The van der Waals surface area contributed by atoms with Crippen LogP contribution in [0.25, 0.3) is 5.57 Å². The number of carbonyl (C=O) groups excluding carboxylic acids is 1. The highest BCUT2D eigenvalue weighted by Crippen LogP contribution is 2.38. The first-order valence-electron chi connectivity index (χ1n) is 8.42. The van der Waals surface area contributed by atoms with Crippen LogP contribution in [0.5, 0.6) is 11.5 Å². The van der Waals surface area contributed by atoms with Crippen LogP contribution in [0.2, 0.25) is 0 Å². The molecular formula is C22H26O3. The van der Waals surface area contributed by atoms with Gasteiger partial charge in [-0.2, -0.15) is 0 Å². The quantitative estimate of drug-likeness (QED) is 0.743. The highest BCUT2D eigenvalue weighted by atomic mass is 16.3. The molecular weight excluding hydrogens is 312 g/mol. The minimum absolute atomic E-state index is 0.0170. The number of benzene rings is 2. The van der Waals surface area contributed by atoms with Crippen LogP contribution >= 0.6 is 0 Å². The molecule has 0 bridgehead atoms. The van der Waals surface area contributed by atoms with E-state index < -0.39 is 0 Å². The predicted octanol–water partition coefficient (Wildman–Crippen LogP) is 5.28. The number of hydrogen-bond donors (Lipinski definition) is 2. The van der Waals surface area contributed by atoms with Gasteiger partial charge in [-0.05, 0) is 47.1 Å². The van der Waals surface area contributed by atoms with Gasteiger partial charge in [0.1, 0.15) is 11.5 Å². The summed E-state index contributed by atoms with van der Waals surface area (Å²) < 4.78 is 0. The van der Waals surface area contributed by atoms with Crippen LogP contribution in [0.15, 0.2) is 42.5 Å². The lowest BCUT2D eigenvalue weighted by molar-refractivity contribution is 0.104. The Hall–Kier alpha value is -2.55. The summed E-state index contributed by atoms with van der Waals surface area (Å²) in [4.78, 5) is 12.2. The van der Waals surface area contributed by atoms with Crippen LogP contribution in [0, 0.1) is 12.3 Å². The standard InChI is InChI=1S/C17H14O3.C5H12/c1-10-13-7-12(11-5-3-2-4-6-11)8-15(19)17(13)16(20)9-14(10)18;1-5(2,3)4/h2-6,8-9,18,20H,7H2,1H3;1-4H3. The molecule has 1 aliphatic rings. The van der Waals surface area contributed by atoms with E-state index in [-0.39, 0.29) is 17.3 Å². The zero-order valence-electron chi connectivity index (χ0n) is 15.6. The van der Waals surface area contributed by atoms with Crippen molar-refractivity contribution in [1.82, 2.24) is 0 Å². The third kappa shape index (κ3) is 4.72. The Labute approximate surface area is 149 Å². The Morgan fingerprint density at radius 1 is 0.960 bits per heavy atom. The van der Waals surface area contributed by atoms with Gasteiger partial charge in [0, 0.05) is 6.07 Å². The molecule has 0 unspecified atom stereocenters. The van der Waals surface area contributed by atoms with Crippen molar-refractivity contribution in [1.29, 1.82) is 0 Å². The highest BCUT2D eigenvalue weighted by molar-refractivity contribution is 6.14. The fraction of sp³-hybridized carbons (Fsp3) is 0.318. The van der Waals surface area contributed by atoms with Crippen molar-refractivity contribution in [2.24, 2.45) is 5.41 Å². The van der Waals surface area contributed by atoms with Gasteiger partial charge in [-0.1, -0.05) is 58.0 Å². The second-order valence-corrected chi connectivity index (χ2v) is 7.97. The molecule has 132 valence electrons. The van der Waals surface area contributed by atoms with E-state index >= 15 is 0 Å². The fourth-order valence-corrected chi connectivity index (χ4v) is 2.61. The molecule has 3 heteroatoms. The zero-order chi connectivity index (χ0) is 18.8. The van der Waals surface area contributed by atoms with E-state index in [4.69, 9.17) is 0 Å². The molecule has 0 radical (unpaired) electrons. The van der Waals surface area contributed by atoms with E-state index in [0.717, 1.165) is 11.1 Å². The van der Waals surface area contributed by atoms with E-state index in [1.54, 1.807) is 13.0 Å². The smallest absolute Gasteiger partial charge is 0.190 e. The van der Waals surface area contributed by atoms with Crippen LogP contribution in [0.1, 0.15) is 54.7 Å². The van der Waals surface area contributed by atoms with E-state index in [2.05, 4.69) is 27.7 Å². The molecule has 0 saturated carbocycles. The molecule has 0 amide bonds. The van der Waals surface area contributed by atoms with Crippen molar-refractivity contribution in [2.45, 2.75) is 41.0 Å². The summed E-state index contributed by atoms with van der Waals surface area (Å²) in [7, 11) is 0. The minimum Gasteiger partial charge on any atom is -0.508 e. The largest absolute Gasteiger partial charge is 0.508 e. The van der Waals surface area contributed by atoms with Gasteiger partial charge >= 0.3 is 0 Å². The average molecular weight is 338 g/mol. The Morgan fingerprint density at radius 2 is 1.52 bits per heavy atom. The number of phenolic OH excluding ortho intramolecular Hbond substituents is 2. The Morgan fingerprint density at radius 3 is 2.08 bits per heavy atom. The van der Waals surface area contributed by atoms with Gasteiger partial charge in [0.25, 0.3) is 0 Å². The van der Waals surface area contributed by atoms with Crippen LogP contribution in [-0.4, -0.2) is 16.0 Å². The van der Waals surface area contributed by atoms with E-state index in [1.165, 1.54) is 6.07 Å². The second kappa shape index (κ2) is 7.14. The molecule has 3 nitrogen and oxygen atoms in total. The molecule has 0 aromatic heterocycles. The first-order valence-corrected chi connectivity index (χ1v) is 8.42. The number of hydrogen-bond acceptors (Lipinski definition) is 3. The van der Waals surface area contributed by atoms with Crippen molar-refractivity contribution < 1.29 is 15.0 Å². The van der Waals surface area contributed by atoms with Crippen molar-refractivity contribution in [3.63, 3.8) is 0 Å². The van der Waals surface area contributed by atoms with Gasteiger partial charge in [0.15, 0.2) is 5.78 Å². The van der Waals surface area contributed by atoms with Crippen LogP contribution in [0.4, 0.5) is 0 Å². The topological polar surface area (TPSA) is 57.5 Å². The Kier molecular flexibility index (Phi) is 5.36. The van der Waals surface area contributed by atoms with Gasteiger partial charge in [-0.25, -0.2) is 0 Å². The highest BCUT2D eigenvalue weighted by Gasteiger charge is 2.25. The van der Waals surface area contributed by atoms with Gasteiger partial charge < -0.3 is 10.2 Å². The number of ketones is 1. The average Bonchev–Trinajstić information content (AvgIpc) is 2.51. The Bertz CT molecular complexity index is 803. The molecule has 0 spiro atoms. The monoisotopic (exact) mass is 338 g/mol. The lowest BCUT2D eigenvalue weighted by Gasteiger charge is -2.20. The summed E-state index contributed by atoms with van der Waals surface area (Å²) in [6.45, 7) is 10.5. The van der Waals surface area contributed by atoms with Gasteiger partial charge in [-0.15, -0.1) is 0 Å². The summed E-state index contributed by atoms with van der Waals surface area (Å²) in [6, 6.07) is 10.9. The van der Waals surface area contributed by atoms with Crippen molar-refractivity contribution >= 4 is 11.4 Å². The van der Waals surface area contributed by atoms with Crippen molar-refractivity contribution in [2.75, 3.05) is 0 Å². The maximum absolute atomic E-state index is 12.2. The summed E-state index contributed by atoms with van der Waals surface area (Å²) in [5, 5.41) is 19.7. The summed E-state index contributed by atoms with van der Waals surface area (Å²) >= 11 is 0. The number of allylic oxidation sites excluding steroid dienone is 2. The molecule has 2 N–H and O–H groups in total. The maximum atomic E-state index is 12.2. The van der Waals surface area contributed by atoms with Crippen molar-refractivity contribution in [3.05, 3.63) is 64.7 Å². The van der Waals surface area contributed by atoms with E-state index in [9.17, 15) is 15.0 Å². The predicted molar refractivity (Wildman–Crippen MR) is 102 cm³/mol. The third-order valence-corrected chi connectivity index (χ3v) is 3.73. The molecule has 0 aliphatic heterocycles. The number of phenols is 2. The summed E-state index contributed by atoms with van der Waals surface area (Å²) in [5.74, 6) is -0.356. The summed E-state index contributed by atoms with van der Waals surface area (Å²) in [6.07, 6.45) is 2.09. The molecule has 25 heavy (non-hydrogen) atoms. The number of rotatable bonds is 1. The maximum Gasteiger partial charge on any atom is 0.190 e. The number of fused-ring (bicyclic) bond motifs is 1. The normalized spacial score (nSPS) is 13.5. The molecule has 1 aliphatic carbocycles. The summed E-state index contributed by atoms with van der Waals surface area (Å²) in [5.41, 5.74) is 4.03. The van der Waals surface area contributed by atoms with Gasteiger partial charge in [0.2, 0.25) is 0 Å². The molecule has 3 rings (SSSR count). The molecule has 0 saturated heterocycles. The number of carbonyl (C=O) groups is 1. The number of aromatic hydroxyl groups is 2. The third-order valence-electron chi connectivity index (χ3n) is 3.73. The lowest BCUT2D eigenvalue weighted by Crippen LogP contribution is -2.11. The minimum atomic E-state index is -0.217. The van der Waals surface area contributed by atoms with Crippen LogP contribution in [0.3, 0.4) is 0 Å².